The number of aryl methyl sites for hydroxylation is 1. The predicted molar refractivity (Wildman–Crippen MR) is 85.8 cm³/mol. The van der Waals surface area contributed by atoms with Gasteiger partial charge in [0.15, 0.2) is 0 Å². The van der Waals surface area contributed by atoms with Gasteiger partial charge in [0.25, 0.3) is 0 Å². The second-order valence-electron chi connectivity index (χ2n) is 4.79. The Hall–Kier alpha value is -1.97. The first kappa shape index (κ1) is 14.4. The van der Waals surface area contributed by atoms with Crippen molar-refractivity contribution in [2.24, 2.45) is 0 Å². The summed E-state index contributed by atoms with van der Waals surface area (Å²) in [5.41, 5.74) is 2.34. The molecule has 0 aliphatic rings. The topological polar surface area (TPSA) is 33.1 Å². The van der Waals surface area contributed by atoms with Crippen LogP contribution in [0.1, 0.15) is 27.2 Å². The minimum atomic E-state index is 0.905. The molecule has 1 aromatic carbocycles. The molecule has 4 heteroatoms. The Bertz CT molecular complexity index is 512. The quantitative estimate of drug-likeness (QED) is 0.830. The van der Waals surface area contributed by atoms with Gasteiger partial charge in [-0.3, -0.25) is 0 Å². The summed E-state index contributed by atoms with van der Waals surface area (Å²) in [4.78, 5) is 6.70. The number of hydrogen-bond donors (Lipinski definition) is 1. The van der Waals surface area contributed by atoms with Crippen molar-refractivity contribution in [1.82, 2.24) is 9.55 Å². The van der Waals surface area contributed by atoms with Gasteiger partial charge in [0, 0.05) is 43.4 Å². The first-order valence-corrected chi connectivity index (χ1v) is 7.41. The van der Waals surface area contributed by atoms with Crippen molar-refractivity contribution >= 4 is 17.3 Å². The van der Waals surface area contributed by atoms with Gasteiger partial charge >= 0.3 is 0 Å². The van der Waals surface area contributed by atoms with Crippen LogP contribution < -0.4 is 10.2 Å². The molecule has 0 spiro atoms. The van der Waals surface area contributed by atoms with Crippen LogP contribution in [0.4, 0.5) is 17.3 Å². The Labute approximate surface area is 121 Å². The summed E-state index contributed by atoms with van der Waals surface area (Å²) in [6.07, 6.45) is 4.95. The predicted octanol–water partition coefficient (Wildman–Crippen LogP) is 3.88. The summed E-state index contributed by atoms with van der Waals surface area (Å²) in [5, 5.41) is 3.37. The molecule has 2 rings (SSSR count). The van der Waals surface area contributed by atoms with Crippen LogP contribution in [0.15, 0.2) is 36.7 Å². The fraction of sp³-hybridized carbons (Fsp3) is 0.438. The Balaban J connectivity index is 2.08. The lowest BCUT2D eigenvalue weighted by atomic mass is 10.2. The van der Waals surface area contributed by atoms with Crippen LogP contribution in [-0.2, 0) is 6.54 Å². The summed E-state index contributed by atoms with van der Waals surface area (Å²) in [6, 6.07) is 8.53. The van der Waals surface area contributed by atoms with Crippen molar-refractivity contribution in [3.8, 4) is 0 Å². The zero-order chi connectivity index (χ0) is 14.4. The lowest BCUT2D eigenvalue weighted by Crippen LogP contribution is -2.21. The summed E-state index contributed by atoms with van der Waals surface area (Å²) >= 11 is 0. The molecule has 1 aromatic heterocycles. The van der Waals surface area contributed by atoms with Crippen molar-refractivity contribution in [3.05, 3.63) is 36.7 Å². The number of nitrogens with one attached hydrogen (secondary N) is 1. The second-order valence-corrected chi connectivity index (χ2v) is 4.79. The van der Waals surface area contributed by atoms with Crippen LogP contribution in [0.5, 0.6) is 0 Å². The van der Waals surface area contributed by atoms with E-state index in [0.29, 0.717) is 0 Å². The number of aromatic nitrogens is 2. The van der Waals surface area contributed by atoms with Gasteiger partial charge in [0.2, 0.25) is 5.95 Å². The highest BCUT2D eigenvalue weighted by atomic mass is 15.2. The molecule has 0 aliphatic heterocycles. The lowest BCUT2D eigenvalue weighted by molar-refractivity contribution is 0.686. The molecule has 0 saturated heterocycles. The minimum Gasteiger partial charge on any atom is -0.372 e. The first-order valence-electron chi connectivity index (χ1n) is 7.41. The van der Waals surface area contributed by atoms with Crippen molar-refractivity contribution in [2.45, 2.75) is 33.7 Å². The number of benzene rings is 1. The third-order valence-electron chi connectivity index (χ3n) is 3.43. The Morgan fingerprint density at radius 3 is 2.40 bits per heavy atom. The maximum atomic E-state index is 4.36. The summed E-state index contributed by atoms with van der Waals surface area (Å²) in [7, 11) is 0. The number of hydrogen-bond acceptors (Lipinski definition) is 3. The molecule has 0 unspecified atom stereocenters. The average Bonchev–Trinajstić information content (AvgIpc) is 2.90. The largest absolute Gasteiger partial charge is 0.372 e. The third-order valence-corrected chi connectivity index (χ3v) is 3.43. The Kier molecular flexibility index (Phi) is 5.04. The van der Waals surface area contributed by atoms with Gasteiger partial charge < -0.3 is 14.8 Å². The van der Waals surface area contributed by atoms with Crippen LogP contribution >= 0.6 is 0 Å². The smallest absolute Gasteiger partial charge is 0.207 e. The summed E-state index contributed by atoms with van der Waals surface area (Å²) in [6.45, 7) is 9.57. The zero-order valence-corrected chi connectivity index (χ0v) is 12.6. The number of nitrogens with zero attached hydrogens (tertiary/aromatic N) is 3. The number of rotatable bonds is 7. The van der Waals surface area contributed by atoms with E-state index in [-0.39, 0.29) is 0 Å². The molecule has 0 atom stereocenters. The highest BCUT2D eigenvalue weighted by Gasteiger charge is 2.04. The molecule has 108 valence electrons. The van der Waals surface area contributed by atoms with Gasteiger partial charge in [-0.1, -0.05) is 6.92 Å². The Morgan fingerprint density at radius 2 is 1.80 bits per heavy atom. The van der Waals surface area contributed by atoms with E-state index in [1.54, 1.807) is 0 Å². The van der Waals surface area contributed by atoms with E-state index in [0.717, 1.165) is 37.7 Å². The van der Waals surface area contributed by atoms with Crippen LogP contribution in [0, 0.1) is 0 Å². The van der Waals surface area contributed by atoms with Gasteiger partial charge in [0.05, 0.1) is 0 Å². The third kappa shape index (κ3) is 3.32. The van der Waals surface area contributed by atoms with E-state index in [1.165, 1.54) is 5.69 Å². The van der Waals surface area contributed by atoms with E-state index in [4.69, 9.17) is 0 Å². The second kappa shape index (κ2) is 6.98. The average molecular weight is 272 g/mol. The monoisotopic (exact) mass is 272 g/mol. The molecule has 0 aliphatic carbocycles. The molecule has 1 heterocycles. The lowest BCUT2D eigenvalue weighted by Gasteiger charge is -2.21. The maximum Gasteiger partial charge on any atom is 0.207 e. The van der Waals surface area contributed by atoms with Crippen LogP contribution in [0.3, 0.4) is 0 Å². The van der Waals surface area contributed by atoms with E-state index in [9.17, 15) is 0 Å². The number of imidazole rings is 1. The maximum absolute atomic E-state index is 4.36. The molecule has 0 fully saturated rings. The van der Waals surface area contributed by atoms with E-state index in [1.807, 2.05) is 12.4 Å². The van der Waals surface area contributed by atoms with E-state index < -0.39 is 0 Å². The van der Waals surface area contributed by atoms with Crippen molar-refractivity contribution in [1.29, 1.82) is 0 Å². The molecule has 0 saturated carbocycles. The molecule has 4 nitrogen and oxygen atoms in total. The van der Waals surface area contributed by atoms with E-state index >= 15 is 0 Å². The van der Waals surface area contributed by atoms with Gasteiger partial charge in [0.1, 0.15) is 0 Å². The highest BCUT2D eigenvalue weighted by molar-refractivity contribution is 5.59. The fourth-order valence-electron chi connectivity index (χ4n) is 2.33. The molecule has 0 bridgehead atoms. The SMILES string of the molecule is CCCn1ccnc1Nc1ccc(N(CC)CC)cc1. The van der Waals surface area contributed by atoms with Gasteiger partial charge in [-0.05, 0) is 44.5 Å². The van der Waals surface area contributed by atoms with Crippen LogP contribution in [0.2, 0.25) is 0 Å². The van der Waals surface area contributed by atoms with Gasteiger partial charge in [-0.25, -0.2) is 4.98 Å². The number of anilines is 3. The summed E-state index contributed by atoms with van der Waals surface area (Å²) in [5.74, 6) is 0.905. The van der Waals surface area contributed by atoms with Gasteiger partial charge in [-0.2, -0.15) is 0 Å². The van der Waals surface area contributed by atoms with Crippen molar-refractivity contribution in [2.75, 3.05) is 23.3 Å². The van der Waals surface area contributed by atoms with Crippen LogP contribution in [0.25, 0.3) is 0 Å². The van der Waals surface area contributed by atoms with Crippen LogP contribution in [-0.4, -0.2) is 22.6 Å². The molecule has 2 aromatic rings. The molecule has 0 amide bonds. The Morgan fingerprint density at radius 1 is 1.10 bits per heavy atom. The molecular weight excluding hydrogens is 248 g/mol. The first-order chi connectivity index (χ1) is 9.78. The van der Waals surface area contributed by atoms with Crippen molar-refractivity contribution in [3.63, 3.8) is 0 Å². The summed E-state index contributed by atoms with van der Waals surface area (Å²) < 4.78 is 2.14. The highest BCUT2D eigenvalue weighted by Crippen LogP contribution is 2.20. The van der Waals surface area contributed by atoms with E-state index in [2.05, 4.69) is 64.8 Å². The standard InChI is InChI=1S/C16H24N4/c1-4-12-20-13-11-17-16(20)18-14-7-9-15(10-8-14)19(5-2)6-3/h7-11,13H,4-6,12H2,1-3H3,(H,17,18). The normalized spacial score (nSPS) is 10.6. The zero-order valence-electron chi connectivity index (χ0n) is 12.6. The van der Waals surface area contributed by atoms with Gasteiger partial charge in [-0.15, -0.1) is 0 Å². The molecular formula is C16H24N4. The minimum absolute atomic E-state index is 0.905. The molecule has 0 radical (unpaired) electrons. The molecule has 20 heavy (non-hydrogen) atoms. The fourth-order valence-corrected chi connectivity index (χ4v) is 2.33. The molecule has 1 N–H and O–H groups in total. The van der Waals surface area contributed by atoms with Crippen molar-refractivity contribution < 1.29 is 0 Å².